The van der Waals surface area contributed by atoms with Crippen LogP contribution in [0, 0.1) is 6.92 Å². The third kappa shape index (κ3) is 3.83. The van der Waals surface area contributed by atoms with Crippen LogP contribution in [0.4, 0.5) is 5.69 Å². The summed E-state index contributed by atoms with van der Waals surface area (Å²) in [5.74, 6) is 0. The number of nitrogen functional groups attached to an aromatic ring is 1. The standard InChI is InChI=1S/C13H22N2O/c1-10(16)7-8-15(3)9-12-5-4-6-13(14)11(12)2/h4-6,10,16H,7-9,14H2,1-3H3. The van der Waals surface area contributed by atoms with Crippen LogP contribution in [-0.2, 0) is 6.54 Å². The quantitative estimate of drug-likeness (QED) is 0.747. The number of rotatable bonds is 5. The van der Waals surface area contributed by atoms with E-state index >= 15 is 0 Å². The highest BCUT2D eigenvalue weighted by Gasteiger charge is 2.06. The largest absolute Gasteiger partial charge is 0.399 e. The topological polar surface area (TPSA) is 49.5 Å². The van der Waals surface area contributed by atoms with E-state index in [9.17, 15) is 5.11 Å². The van der Waals surface area contributed by atoms with E-state index in [1.165, 1.54) is 5.56 Å². The molecule has 3 heteroatoms. The molecule has 0 radical (unpaired) electrons. The number of aliphatic hydroxyl groups excluding tert-OH is 1. The Morgan fingerprint density at radius 1 is 1.44 bits per heavy atom. The average molecular weight is 222 g/mol. The molecule has 1 aromatic rings. The van der Waals surface area contributed by atoms with Crippen LogP contribution in [-0.4, -0.2) is 29.7 Å². The Bertz CT molecular complexity index is 337. The number of nitrogens with zero attached hydrogens (tertiary/aromatic N) is 1. The minimum atomic E-state index is -0.232. The van der Waals surface area contributed by atoms with Gasteiger partial charge < -0.3 is 15.7 Å². The maximum Gasteiger partial charge on any atom is 0.0524 e. The summed E-state index contributed by atoms with van der Waals surface area (Å²) >= 11 is 0. The van der Waals surface area contributed by atoms with Gasteiger partial charge in [-0.05, 0) is 44.5 Å². The zero-order valence-corrected chi connectivity index (χ0v) is 10.4. The molecule has 0 saturated carbocycles. The zero-order valence-electron chi connectivity index (χ0n) is 10.4. The highest BCUT2D eigenvalue weighted by molar-refractivity contribution is 5.49. The Hall–Kier alpha value is -1.06. The summed E-state index contributed by atoms with van der Waals surface area (Å²) < 4.78 is 0. The van der Waals surface area contributed by atoms with Crippen LogP contribution in [0.1, 0.15) is 24.5 Å². The number of anilines is 1. The average Bonchev–Trinajstić information content (AvgIpc) is 2.22. The second-order valence-electron chi connectivity index (χ2n) is 4.51. The second-order valence-corrected chi connectivity index (χ2v) is 4.51. The van der Waals surface area contributed by atoms with Gasteiger partial charge in [-0.2, -0.15) is 0 Å². The fourth-order valence-electron chi connectivity index (χ4n) is 1.65. The number of benzene rings is 1. The molecule has 0 amide bonds. The molecule has 3 nitrogen and oxygen atoms in total. The minimum Gasteiger partial charge on any atom is -0.399 e. The summed E-state index contributed by atoms with van der Waals surface area (Å²) in [6.45, 7) is 5.64. The Labute approximate surface area is 97.9 Å². The Morgan fingerprint density at radius 2 is 2.12 bits per heavy atom. The Balaban J connectivity index is 2.56. The molecule has 0 aromatic heterocycles. The molecule has 1 aromatic carbocycles. The summed E-state index contributed by atoms with van der Waals surface area (Å²) in [6, 6.07) is 6.01. The first kappa shape index (κ1) is 13.0. The SMILES string of the molecule is Cc1c(N)cccc1CN(C)CCC(C)O. The molecule has 0 aliphatic carbocycles. The van der Waals surface area contributed by atoms with Crippen molar-refractivity contribution < 1.29 is 5.11 Å². The lowest BCUT2D eigenvalue weighted by Crippen LogP contribution is -2.22. The molecule has 0 bridgehead atoms. The van der Waals surface area contributed by atoms with Gasteiger partial charge in [-0.25, -0.2) is 0 Å². The van der Waals surface area contributed by atoms with Gasteiger partial charge in [-0.1, -0.05) is 12.1 Å². The first-order chi connectivity index (χ1) is 7.50. The third-order valence-electron chi connectivity index (χ3n) is 2.86. The van der Waals surface area contributed by atoms with E-state index < -0.39 is 0 Å². The number of hydrogen-bond acceptors (Lipinski definition) is 3. The van der Waals surface area contributed by atoms with E-state index in [0.29, 0.717) is 0 Å². The zero-order chi connectivity index (χ0) is 12.1. The van der Waals surface area contributed by atoms with Gasteiger partial charge in [-0.15, -0.1) is 0 Å². The lowest BCUT2D eigenvalue weighted by molar-refractivity contribution is 0.163. The molecule has 0 saturated heterocycles. The molecule has 1 atom stereocenters. The first-order valence-electron chi connectivity index (χ1n) is 5.71. The van der Waals surface area contributed by atoms with Crippen LogP contribution in [0.25, 0.3) is 0 Å². The molecule has 16 heavy (non-hydrogen) atoms. The van der Waals surface area contributed by atoms with E-state index in [1.54, 1.807) is 0 Å². The van der Waals surface area contributed by atoms with Gasteiger partial charge in [0.25, 0.3) is 0 Å². The molecule has 0 aliphatic heterocycles. The maximum atomic E-state index is 9.22. The summed E-state index contributed by atoms with van der Waals surface area (Å²) in [6.07, 6.45) is 0.571. The molecule has 1 rings (SSSR count). The smallest absolute Gasteiger partial charge is 0.0524 e. The van der Waals surface area contributed by atoms with Gasteiger partial charge in [0, 0.05) is 18.8 Å². The lowest BCUT2D eigenvalue weighted by Gasteiger charge is -2.19. The van der Waals surface area contributed by atoms with E-state index in [-0.39, 0.29) is 6.10 Å². The summed E-state index contributed by atoms with van der Waals surface area (Å²) in [5.41, 5.74) is 9.12. The van der Waals surface area contributed by atoms with E-state index in [0.717, 1.165) is 30.8 Å². The fourth-order valence-corrected chi connectivity index (χ4v) is 1.65. The van der Waals surface area contributed by atoms with Crippen molar-refractivity contribution in [2.24, 2.45) is 0 Å². The van der Waals surface area contributed by atoms with Crippen LogP contribution < -0.4 is 5.73 Å². The van der Waals surface area contributed by atoms with E-state index in [1.807, 2.05) is 26.0 Å². The predicted octanol–water partition coefficient (Wildman–Crippen LogP) is 1.78. The predicted molar refractivity (Wildman–Crippen MR) is 68.2 cm³/mol. The highest BCUT2D eigenvalue weighted by atomic mass is 16.3. The Kier molecular flexibility index (Phi) is 4.77. The van der Waals surface area contributed by atoms with Crippen molar-refractivity contribution in [2.45, 2.75) is 32.9 Å². The van der Waals surface area contributed by atoms with Crippen molar-refractivity contribution in [2.75, 3.05) is 19.3 Å². The van der Waals surface area contributed by atoms with Crippen LogP contribution in [0.5, 0.6) is 0 Å². The molecule has 3 N–H and O–H groups in total. The normalized spacial score (nSPS) is 13.1. The number of hydrogen-bond donors (Lipinski definition) is 2. The minimum absolute atomic E-state index is 0.232. The van der Waals surface area contributed by atoms with Gasteiger partial charge in [0.1, 0.15) is 0 Å². The molecule has 0 heterocycles. The third-order valence-corrected chi connectivity index (χ3v) is 2.86. The van der Waals surface area contributed by atoms with Crippen molar-refractivity contribution in [3.63, 3.8) is 0 Å². The first-order valence-corrected chi connectivity index (χ1v) is 5.71. The van der Waals surface area contributed by atoms with Crippen molar-refractivity contribution >= 4 is 5.69 Å². The van der Waals surface area contributed by atoms with Gasteiger partial charge in [0.2, 0.25) is 0 Å². The van der Waals surface area contributed by atoms with Gasteiger partial charge in [0.15, 0.2) is 0 Å². The fraction of sp³-hybridized carbons (Fsp3) is 0.538. The van der Waals surface area contributed by atoms with Crippen molar-refractivity contribution in [3.05, 3.63) is 29.3 Å². The van der Waals surface area contributed by atoms with Crippen LogP contribution in [0.3, 0.4) is 0 Å². The summed E-state index contributed by atoms with van der Waals surface area (Å²) in [7, 11) is 2.06. The van der Waals surface area contributed by atoms with Crippen LogP contribution >= 0.6 is 0 Å². The molecular weight excluding hydrogens is 200 g/mol. The van der Waals surface area contributed by atoms with Gasteiger partial charge in [-0.3, -0.25) is 0 Å². The van der Waals surface area contributed by atoms with Gasteiger partial charge >= 0.3 is 0 Å². The van der Waals surface area contributed by atoms with E-state index in [4.69, 9.17) is 5.73 Å². The monoisotopic (exact) mass is 222 g/mol. The van der Waals surface area contributed by atoms with Crippen LogP contribution in [0.15, 0.2) is 18.2 Å². The molecule has 0 fully saturated rings. The maximum absolute atomic E-state index is 9.22. The highest BCUT2D eigenvalue weighted by Crippen LogP contribution is 2.16. The second kappa shape index (κ2) is 5.87. The van der Waals surface area contributed by atoms with Crippen molar-refractivity contribution in [1.82, 2.24) is 4.90 Å². The molecule has 0 spiro atoms. The van der Waals surface area contributed by atoms with Gasteiger partial charge in [0.05, 0.1) is 6.10 Å². The van der Waals surface area contributed by atoms with E-state index in [2.05, 4.69) is 18.0 Å². The lowest BCUT2D eigenvalue weighted by atomic mass is 10.1. The molecular formula is C13H22N2O. The molecule has 0 aliphatic rings. The molecule has 90 valence electrons. The van der Waals surface area contributed by atoms with Crippen molar-refractivity contribution in [1.29, 1.82) is 0 Å². The molecule has 1 unspecified atom stereocenters. The Morgan fingerprint density at radius 3 is 2.75 bits per heavy atom. The van der Waals surface area contributed by atoms with Crippen molar-refractivity contribution in [3.8, 4) is 0 Å². The number of nitrogens with two attached hydrogens (primary N) is 1. The summed E-state index contributed by atoms with van der Waals surface area (Å²) in [5, 5.41) is 9.22. The number of aliphatic hydroxyl groups is 1. The summed E-state index contributed by atoms with van der Waals surface area (Å²) in [4.78, 5) is 2.20. The van der Waals surface area contributed by atoms with Crippen LogP contribution in [0.2, 0.25) is 0 Å².